The molecule has 2 rings (SSSR count). The van der Waals surface area contributed by atoms with Gasteiger partial charge in [-0.2, -0.15) is 0 Å². The lowest BCUT2D eigenvalue weighted by atomic mass is 10.00. The number of thiazole rings is 1. The van der Waals surface area contributed by atoms with E-state index >= 15 is 0 Å². The fraction of sp³-hybridized carbons (Fsp3) is 0.167. The Morgan fingerprint density at radius 1 is 1.55 bits per heavy atom. The van der Waals surface area contributed by atoms with Gasteiger partial charge >= 0.3 is 11.0 Å². The van der Waals surface area contributed by atoms with Crippen molar-refractivity contribution in [2.75, 3.05) is 0 Å². The average molecular weight is 296 g/mol. The van der Waals surface area contributed by atoms with Crippen molar-refractivity contribution in [3.63, 3.8) is 0 Å². The third kappa shape index (κ3) is 3.15. The molecule has 6 nitrogen and oxygen atoms in total. The van der Waals surface area contributed by atoms with Gasteiger partial charge in [0.25, 0.3) is 0 Å². The monoisotopic (exact) mass is 296 g/mol. The fourth-order valence-electron chi connectivity index (χ4n) is 1.70. The van der Waals surface area contributed by atoms with Gasteiger partial charge in [-0.25, -0.2) is 9.37 Å². The molecule has 1 aromatic carbocycles. The highest BCUT2D eigenvalue weighted by Crippen LogP contribution is 2.29. The Labute approximate surface area is 116 Å². The lowest BCUT2D eigenvalue weighted by Crippen LogP contribution is -2.14. The number of aromatic nitrogens is 1. The molecule has 0 radical (unpaired) electrons. The Bertz CT molecular complexity index is 658. The maximum Gasteiger partial charge on any atom is 0.343 e. The summed E-state index contributed by atoms with van der Waals surface area (Å²) in [4.78, 5) is 25.0. The van der Waals surface area contributed by atoms with E-state index in [0.717, 1.165) is 6.20 Å². The molecule has 0 saturated heterocycles. The zero-order valence-corrected chi connectivity index (χ0v) is 10.8. The van der Waals surface area contributed by atoms with Gasteiger partial charge in [0.15, 0.2) is 0 Å². The molecule has 1 heterocycles. The Hall–Kier alpha value is -2.35. The molecule has 0 aliphatic carbocycles. The lowest BCUT2D eigenvalue weighted by molar-refractivity contribution is -0.380. The normalized spacial score (nSPS) is 12.1. The summed E-state index contributed by atoms with van der Waals surface area (Å²) in [6, 6.07) is 5.57. The van der Waals surface area contributed by atoms with Crippen molar-refractivity contribution in [3.05, 3.63) is 57.0 Å². The topological polar surface area (TPSA) is 93.3 Å². The van der Waals surface area contributed by atoms with Crippen LogP contribution in [0.15, 0.2) is 30.5 Å². The minimum absolute atomic E-state index is 0.0256. The van der Waals surface area contributed by atoms with Gasteiger partial charge in [0, 0.05) is 0 Å². The highest BCUT2D eigenvalue weighted by atomic mass is 32.1. The van der Waals surface area contributed by atoms with E-state index in [1.54, 1.807) is 6.07 Å². The summed E-state index contributed by atoms with van der Waals surface area (Å²) < 4.78 is 13.1. The molecular weight excluding hydrogens is 287 g/mol. The van der Waals surface area contributed by atoms with Gasteiger partial charge < -0.3 is 5.11 Å². The Kier molecular flexibility index (Phi) is 4.04. The number of hydrogen-bond donors (Lipinski definition) is 1. The highest BCUT2D eigenvalue weighted by molar-refractivity contribution is 7.15. The first-order chi connectivity index (χ1) is 9.47. The number of aliphatic carboxylic acids is 1. The number of nitro groups is 1. The third-order valence-electron chi connectivity index (χ3n) is 2.62. The van der Waals surface area contributed by atoms with Crippen molar-refractivity contribution in [1.82, 2.24) is 4.98 Å². The molecule has 104 valence electrons. The van der Waals surface area contributed by atoms with Gasteiger partial charge in [-0.15, -0.1) is 0 Å². The fourth-order valence-corrected chi connectivity index (χ4v) is 2.53. The number of benzene rings is 1. The van der Waals surface area contributed by atoms with Crippen molar-refractivity contribution in [2.45, 2.75) is 12.3 Å². The zero-order valence-electron chi connectivity index (χ0n) is 10.0. The SMILES string of the molecule is O=C(O)C(Cc1cccc(F)c1)c1ncc([N+](=O)[O-])s1. The minimum atomic E-state index is -1.15. The van der Waals surface area contributed by atoms with Crippen LogP contribution < -0.4 is 0 Å². The van der Waals surface area contributed by atoms with E-state index in [2.05, 4.69) is 4.98 Å². The predicted molar refractivity (Wildman–Crippen MR) is 69.2 cm³/mol. The summed E-state index contributed by atoms with van der Waals surface area (Å²) in [6.07, 6.45) is 1.05. The van der Waals surface area contributed by atoms with Crippen molar-refractivity contribution in [1.29, 1.82) is 0 Å². The van der Waals surface area contributed by atoms with E-state index in [0.29, 0.717) is 16.9 Å². The molecule has 8 heteroatoms. The number of halogens is 1. The first kappa shape index (κ1) is 14.1. The Balaban J connectivity index is 2.27. The molecule has 0 spiro atoms. The number of rotatable bonds is 5. The molecule has 1 aromatic heterocycles. The molecule has 0 bridgehead atoms. The summed E-state index contributed by atoms with van der Waals surface area (Å²) in [5.41, 5.74) is 0.496. The summed E-state index contributed by atoms with van der Waals surface area (Å²) in [6.45, 7) is 0. The van der Waals surface area contributed by atoms with Crippen LogP contribution in [0.2, 0.25) is 0 Å². The van der Waals surface area contributed by atoms with Crippen LogP contribution in [-0.4, -0.2) is 21.0 Å². The quantitative estimate of drug-likeness (QED) is 0.676. The van der Waals surface area contributed by atoms with Gasteiger partial charge in [-0.3, -0.25) is 14.9 Å². The van der Waals surface area contributed by atoms with E-state index in [9.17, 15) is 24.4 Å². The standard InChI is InChI=1S/C12H9FN2O4S/c13-8-3-1-2-7(4-8)5-9(12(16)17)11-14-6-10(20-11)15(18)19/h1-4,6,9H,5H2,(H,16,17). The second kappa shape index (κ2) is 5.74. The maximum atomic E-state index is 13.1. The molecule has 20 heavy (non-hydrogen) atoms. The third-order valence-corrected chi connectivity index (χ3v) is 3.68. The summed E-state index contributed by atoms with van der Waals surface area (Å²) in [5, 5.41) is 19.7. The minimum Gasteiger partial charge on any atom is -0.481 e. The zero-order chi connectivity index (χ0) is 14.7. The van der Waals surface area contributed by atoms with Crippen LogP contribution in [-0.2, 0) is 11.2 Å². The second-order valence-electron chi connectivity index (χ2n) is 4.02. The highest BCUT2D eigenvalue weighted by Gasteiger charge is 2.26. The first-order valence-corrected chi connectivity index (χ1v) is 6.36. The number of hydrogen-bond acceptors (Lipinski definition) is 5. The van der Waals surface area contributed by atoms with Crippen LogP contribution in [0.4, 0.5) is 9.39 Å². The molecule has 1 atom stereocenters. The number of carboxylic acids is 1. The molecule has 0 aliphatic heterocycles. The summed E-state index contributed by atoms with van der Waals surface area (Å²) >= 11 is 0.716. The van der Waals surface area contributed by atoms with Crippen LogP contribution >= 0.6 is 11.3 Å². The largest absolute Gasteiger partial charge is 0.481 e. The van der Waals surface area contributed by atoms with Crippen molar-refractivity contribution >= 4 is 22.3 Å². The second-order valence-corrected chi connectivity index (χ2v) is 5.06. The molecule has 0 aliphatic rings. The van der Waals surface area contributed by atoms with Crippen molar-refractivity contribution in [3.8, 4) is 0 Å². The summed E-state index contributed by atoms with van der Waals surface area (Å²) in [5.74, 6) is -2.65. The van der Waals surface area contributed by atoms with E-state index in [4.69, 9.17) is 0 Å². The smallest absolute Gasteiger partial charge is 0.343 e. The van der Waals surface area contributed by atoms with Gasteiger partial charge in [0.2, 0.25) is 0 Å². The van der Waals surface area contributed by atoms with Gasteiger partial charge in [0.1, 0.15) is 22.9 Å². The Morgan fingerprint density at radius 2 is 2.30 bits per heavy atom. The van der Waals surface area contributed by atoms with Crippen LogP contribution in [0.3, 0.4) is 0 Å². The molecule has 0 saturated carbocycles. The van der Waals surface area contributed by atoms with Gasteiger partial charge in [0.05, 0.1) is 4.92 Å². The molecule has 1 unspecified atom stereocenters. The van der Waals surface area contributed by atoms with Crippen molar-refractivity contribution in [2.24, 2.45) is 0 Å². The first-order valence-electron chi connectivity index (χ1n) is 5.54. The number of carboxylic acid groups (broad SMARTS) is 1. The van der Waals surface area contributed by atoms with Crippen LogP contribution in [0.5, 0.6) is 0 Å². The summed E-state index contributed by atoms with van der Waals surface area (Å²) in [7, 11) is 0. The van der Waals surface area contributed by atoms with Gasteiger partial charge in [-0.1, -0.05) is 12.1 Å². The van der Waals surface area contributed by atoms with Crippen LogP contribution in [0.1, 0.15) is 16.5 Å². The molecule has 1 N–H and O–H groups in total. The Morgan fingerprint density at radius 3 is 2.85 bits per heavy atom. The lowest BCUT2D eigenvalue weighted by Gasteiger charge is -2.09. The molecular formula is C12H9FN2O4S. The van der Waals surface area contributed by atoms with Crippen LogP contribution in [0, 0.1) is 15.9 Å². The molecule has 0 fully saturated rings. The van der Waals surface area contributed by atoms with Crippen molar-refractivity contribution < 1.29 is 19.2 Å². The molecule has 0 amide bonds. The van der Waals surface area contributed by atoms with E-state index < -0.39 is 22.6 Å². The van der Waals surface area contributed by atoms with E-state index in [1.807, 2.05) is 0 Å². The van der Waals surface area contributed by atoms with E-state index in [1.165, 1.54) is 18.2 Å². The van der Waals surface area contributed by atoms with Crippen LogP contribution in [0.25, 0.3) is 0 Å². The predicted octanol–water partition coefficient (Wildman–Crippen LogP) is 2.60. The van der Waals surface area contributed by atoms with Gasteiger partial charge in [-0.05, 0) is 35.5 Å². The molecule has 2 aromatic rings. The number of nitrogens with zero attached hydrogens (tertiary/aromatic N) is 2. The average Bonchev–Trinajstić information content (AvgIpc) is 2.85. The maximum absolute atomic E-state index is 13.1. The number of carbonyl (C=O) groups is 1. The van der Waals surface area contributed by atoms with E-state index in [-0.39, 0.29) is 16.4 Å².